The molecule has 0 atom stereocenters. The van der Waals surface area contributed by atoms with E-state index in [0.29, 0.717) is 18.1 Å². The fourth-order valence-corrected chi connectivity index (χ4v) is 2.54. The van der Waals surface area contributed by atoms with Gasteiger partial charge in [-0.3, -0.25) is 0 Å². The summed E-state index contributed by atoms with van der Waals surface area (Å²) in [7, 11) is 0. The SMILES string of the molecule is Cc1ccc(N)cc1N1CCn2c(nnc2C(F)(F)F)C1. The van der Waals surface area contributed by atoms with Crippen molar-refractivity contribution >= 4 is 11.4 Å². The van der Waals surface area contributed by atoms with E-state index in [9.17, 15) is 13.2 Å². The number of fused-ring (bicyclic) bond motifs is 1. The fourth-order valence-electron chi connectivity index (χ4n) is 2.54. The van der Waals surface area contributed by atoms with Crippen LogP contribution >= 0.6 is 0 Å². The lowest BCUT2D eigenvalue weighted by Crippen LogP contribution is -2.35. The minimum Gasteiger partial charge on any atom is -0.399 e. The van der Waals surface area contributed by atoms with Crippen molar-refractivity contribution in [2.24, 2.45) is 0 Å². The van der Waals surface area contributed by atoms with Crippen LogP contribution in [-0.4, -0.2) is 21.3 Å². The number of anilines is 2. The summed E-state index contributed by atoms with van der Waals surface area (Å²) in [6, 6.07) is 5.52. The van der Waals surface area contributed by atoms with Gasteiger partial charge in [-0.25, -0.2) is 0 Å². The Bertz CT molecular complexity index is 677. The van der Waals surface area contributed by atoms with E-state index in [4.69, 9.17) is 5.73 Å². The van der Waals surface area contributed by atoms with Crippen LogP contribution in [0.4, 0.5) is 24.5 Å². The van der Waals surface area contributed by atoms with Crippen molar-refractivity contribution in [3.63, 3.8) is 0 Å². The number of nitrogens with two attached hydrogens (primary N) is 1. The predicted octanol–water partition coefficient (Wildman–Crippen LogP) is 2.21. The van der Waals surface area contributed by atoms with Crippen molar-refractivity contribution in [3.8, 4) is 0 Å². The van der Waals surface area contributed by atoms with Crippen molar-refractivity contribution in [2.45, 2.75) is 26.2 Å². The maximum absolute atomic E-state index is 12.8. The summed E-state index contributed by atoms with van der Waals surface area (Å²) in [6.45, 7) is 2.88. The van der Waals surface area contributed by atoms with Crippen LogP contribution in [0.2, 0.25) is 0 Å². The molecule has 0 aliphatic carbocycles. The van der Waals surface area contributed by atoms with Crippen molar-refractivity contribution < 1.29 is 13.2 Å². The van der Waals surface area contributed by atoms with Crippen molar-refractivity contribution in [2.75, 3.05) is 17.2 Å². The normalized spacial score (nSPS) is 15.1. The highest BCUT2D eigenvalue weighted by molar-refractivity contribution is 5.61. The van der Waals surface area contributed by atoms with E-state index in [1.54, 1.807) is 6.07 Å². The topological polar surface area (TPSA) is 60.0 Å². The van der Waals surface area contributed by atoms with Gasteiger partial charge in [-0.15, -0.1) is 10.2 Å². The third-order valence-electron chi connectivity index (χ3n) is 3.58. The third kappa shape index (κ3) is 2.41. The van der Waals surface area contributed by atoms with E-state index in [-0.39, 0.29) is 13.1 Å². The molecule has 1 aliphatic heterocycles. The van der Waals surface area contributed by atoms with Gasteiger partial charge in [0.1, 0.15) is 0 Å². The van der Waals surface area contributed by atoms with Crippen LogP contribution in [0.5, 0.6) is 0 Å². The van der Waals surface area contributed by atoms with Gasteiger partial charge >= 0.3 is 6.18 Å². The Morgan fingerprint density at radius 2 is 1.95 bits per heavy atom. The monoisotopic (exact) mass is 297 g/mol. The second-order valence-electron chi connectivity index (χ2n) is 5.06. The number of hydrogen-bond donors (Lipinski definition) is 1. The van der Waals surface area contributed by atoms with E-state index in [0.717, 1.165) is 15.8 Å². The third-order valence-corrected chi connectivity index (χ3v) is 3.58. The summed E-state index contributed by atoms with van der Waals surface area (Å²) in [6.07, 6.45) is -4.47. The molecule has 0 spiro atoms. The number of aryl methyl sites for hydroxylation is 1. The van der Waals surface area contributed by atoms with Crippen LogP contribution < -0.4 is 10.6 Å². The highest BCUT2D eigenvalue weighted by Gasteiger charge is 2.39. The largest absolute Gasteiger partial charge is 0.451 e. The Kier molecular flexibility index (Phi) is 3.03. The molecule has 2 N–H and O–H groups in total. The molecule has 1 aromatic heterocycles. The molecule has 8 heteroatoms. The lowest BCUT2D eigenvalue weighted by Gasteiger charge is -2.31. The first kappa shape index (κ1) is 13.7. The zero-order chi connectivity index (χ0) is 15.2. The Morgan fingerprint density at radius 3 is 2.67 bits per heavy atom. The molecule has 0 radical (unpaired) electrons. The second kappa shape index (κ2) is 4.64. The summed E-state index contributed by atoms with van der Waals surface area (Å²) < 4.78 is 39.5. The van der Waals surface area contributed by atoms with E-state index in [2.05, 4.69) is 10.2 Å². The number of nitrogen functional groups attached to an aromatic ring is 1. The molecule has 5 nitrogen and oxygen atoms in total. The molecule has 0 amide bonds. The minimum atomic E-state index is -4.47. The molecule has 1 aliphatic rings. The summed E-state index contributed by atoms with van der Waals surface area (Å²) >= 11 is 0. The summed E-state index contributed by atoms with van der Waals surface area (Å²) in [5, 5.41) is 6.94. The summed E-state index contributed by atoms with van der Waals surface area (Å²) in [5.74, 6) is -0.614. The van der Waals surface area contributed by atoms with E-state index >= 15 is 0 Å². The molecule has 0 saturated heterocycles. The van der Waals surface area contributed by atoms with Gasteiger partial charge in [0.2, 0.25) is 5.82 Å². The Morgan fingerprint density at radius 1 is 1.19 bits per heavy atom. The fraction of sp³-hybridized carbons (Fsp3) is 0.385. The smallest absolute Gasteiger partial charge is 0.399 e. The highest BCUT2D eigenvalue weighted by atomic mass is 19.4. The lowest BCUT2D eigenvalue weighted by molar-refractivity contribution is -0.147. The number of rotatable bonds is 1. The molecule has 0 saturated carbocycles. The number of nitrogens with zero attached hydrogens (tertiary/aromatic N) is 4. The first-order valence-corrected chi connectivity index (χ1v) is 6.46. The number of aromatic nitrogens is 3. The molecule has 0 unspecified atom stereocenters. The van der Waals surface area contributed by atoms with Crippen LogP contribution in [0.1, 0.15) is 17.2 Å². The molecule has 2 heterocycles. The molecule has 2 aromatic rings. The maximum atomic E-state index is 12.8. The standard InChI is InChI=1S/C13H14F3N5/c1-8-2-3-9(17)6-10(8)20-4-5-21-11(7-20)18-19-12(21)13(14,15)16/h2-3,6H,4-5,7,17H2,1H3. The maximum Gasteiger partial charge on any atom is 0.451 e. The highest BCUT2D eigenvalue weighted by Crippen LogP contribution is 2.31. The van der Waals surface area contributed by atoms with Gasteiger partial charge in [0.15, 0.2) is 5.82 Å². The van der Waals surface area contributed by atoms with E-state index in [1.807, 2.05) is 24.0 Å². The predicted molar refractivity (Wildman–Crippen MR) is 71.7 cm³/mol. The Balaban J connectivity index is 1.92. The quantitative estimate of drug-likeness (QED) is 0.820. The average Bonchev–Trinajstić information content (AvgIpc) is 2.84. The molecule has 0 fully saturated rings. The van der Waals surface area contributed by atoms with Gasteiger partial charge in [-0.2, -0.15) is 13.2 Å². The van der Waals surface area contributed by atoms with Gasteiger partial charge in [0.05, 0.1) is 6.54 Å². The van der Waals surface area contributed by atoms with Crippen molar-refractivity contribution in [1.29, 1.82) is 0 Å². The van der Waals surface area contributed by atoms with E-state index < -0.39 is 12.0 Å². The molecular weight excluding hydrogens is 283 g/mol. The number of alkyl halides is 3. The second-order valence-corrected chi connectivity index (χ2v) is 5.06. The van der Waals surface area contributed by atoms with Gasteiger partial charge in [0.25, 0.3) is 0 Å². The van der Waals surface area contributed by atoms with Gasteiger partial charge in [0, 0.05) is 24.5 Å². The molecule has 3 rings (SSSR count). The van der Waals surface area contributed by atoms with Crippen LogP contribution in [0.15, 0.2) is 18.2 Å². The molecule has 112 valence electrons. The van der Waals surface area contributed by atoms with E-state index in [1.165, 1.54) is 0 Å². The first-order chi connectivity index (χ1) is 9.86. The zero-order valence-electron chi connectivity index (χ0n) is 11.4. The van der Waals surface area contributed by atoms with Gasteiger partial charge in [-0.05, 0) is 24.6 Å². The van der Waals surface area contributed by atoms with Crippen LogP contribution in [0, 0.1) is 6.92 Å². The zero-order valence-corrected chi connectivity index (χ0v) is 11.4. The molecule has 21 heavy (non-hydrogen) atoms. The summed E-state index contributed by atoms with van der Waals surface area (Å²) in [5.41, 5.74) is 8.34. The van der Waals surface area contributed by atoms with Gasteiger partial charge in [-0.1, -0.05) is 6.07 Å². The number of halogens is 3. The Labute approximate surface area is 119 Å². The van der Waals surface area contributed by atoms with Crippen LogP contribution in [0.25, 0.3) is 0 Å². The summed E-state index contributed by atoms with van der Waals surface area (Å²) in [4.78, 5) is 1.97. The van der Waals surface area contributed by atoms with Crippen LogP contribution in [-0.2, 0) is 19.3 Å². The van der Waals surface area contributed by atoms with Crippen LogP contribution in [0.3, 0.4) is 0 Å². The lowest BCUT2D eigenvalue weighted by atomic mass is 10.1. The molecule has 1 aromatic carbocycles. The number of hydrogen-bond acceptors (Lipinski definition) is 4. The Hall–Kier alpha value is -2.25. The first-order valence-electron chi connectivity index (χ1n) is 6.46. The average molecular weight is 297 g/mol. The number of benzene rings is 1. The molecule has 0 bridgehead atoms. The van der Waals surface area contributed by atoms with Gasteiger partial charge < -0.3 is 15.2 Å². The molecular formula is C13H14F3N5. The van der Waals surface area contributed by atoms with Crippen molar-refractivity contribution in [3.05, 3.63) is 35.4 Å². The van der Waals surface area contributed by atoms with Crippen molar-refractivity contribution in [1.82, 2.24) is 14.8 Å². The minimum absolute atomic E-state index is 0.200.